The first-order chi connectivity index (χ1) is 9.16. The molecule has 0 N–H and O–H groups in total. The largest absolute Gasteiger partial charge is 0.368 e. The summed E-state index contributed by atoms with van der Waals surface area (Å²) in [5.74, 6) is -0.264. The van der Waals surface area contributed by atoms with Crippen LogP contribution in [0.15, 0.2) is 41.8 Å². The number of ketones is 1. The minimum absolute atomic E-state index is 0.0843. The molecule has 0 aliphatic rings. The summed E-state index contributed by atoms with van der Waals surface area (Å²) in [7, 11) is 0. The van der Waals surface area contributed by atoms with Crippen LogP contribution in [0.1, 0.15) is 15.2 Å². The molecule has 0 amide bonds. The fourth-order valence-electron chi connectivity index (χ4n) is 1.52. The molecule has 1 aromatic heterocycles. The van der Waals surface area contributed by atoms with Gasteiger partial charge in [-0.2, -0.15) is 0 Å². The third-order valence-corrected chi connectivity index (χ3v) is 3.29. The zero-order chi connectivity index (χ0) is 13.7. The van der Waals surface area contributed by atoms with Crippen LogP contribution in [0.2, 0.25) is 0 Å². The minimum atomic E-state index is -0.525. The van der Waals surface area contributed by atoms with Gasteiger partial charge in [-0.05, 0) is 11.4 Å². The van der Waals surface area contributed by atoms with Gasteiger partial charge in [0.25, 0.3) is 5.69 Å². The Morgan fingerprint density at radius 2 is 2.16 bits per heavy atom. The number of carbonyl (C=O) groups excluding carboxylic acids is 1. The van der Waals surface area contributed by atoms with E-state index in [1.54, 1.807) is 17.4 Å². The quantitative estimate of drug-likeness (QED) is 0.462. The van der Waals surface area contributed by atoms with E-state index >= 15 is 0 Å². The molecule has 5 nitrogen and oxygen atoms in total. The Labute approximate surface area is 113 Å². The first-order valence-electron chi connectivity index (χ1n) is 5.54. The van der Waals surface area contributed by atoms with Gasteiger partial charge in [-0.1, -0.05) is 18.2 Å². The molecule has 0 fully saturated rings. The van der Waals surface area contributed by atoms with Crippen molar-refractivity contribution in [2.24, 2.45) is 0 Å². The van der Waals surface area contributed by atoms with Crippen LogP contribution in [0.5, 0.6) is 0 Å². The Balaban J connectivity index is 1.92. The molecular formula is C13H11NO4S. The Morgan fingerprint density at radius 1 is 1.32 bits per heavy atom. The van der Waals surface area contributed by atoms with Gasteiger partial charge in [-0.15, -0.1) is 11.3 Å². The van der Waals surface area contributed by atoms with Crippen LogP contribution >= 0.6 is 11.3 Å². The number of ether oxygens (including phenoxy) is 1. The van der Waals surface area contributed by atoms with Gasteiger partial charge in [0.2, 0.25) is 0 Å². The minimum Gasteiger partial charge on any atom is -0.368 e. The fraction of sp³-hybridized carbons (Fsp3) is 0.154. The third-order valence-electron chi connectivity index (χ3n) is 2.44. The van der Waals surface area contributed by atoms with E-state index in [4.69, 9.17) is 4.74 Å². The molecule has 0 bridgehead atoms. The zero-order valence-corrected chi connectivity index (χ0v) is 10.8. The highest BCUT2D eigenvalue weighted by molar-refractivity contribution is 7.09. The molecule has 1 heterocycles. The number of Topliss-reactive ketones (excluding diaryl/α,β-unsaturated/α-hetero) is 1. The summed E-state index contributed by atoms with van der Waals surface area (Å²) in [6.07, 6.45) is 0. The molecule has 0 aliphatic carbocycles. The van der Waals surface area contributed by atoms with Gasteiger partial charge >= 0.3 is 0 Å². The SMILES string of the molecule is O=C(COCc1cccs1)c1cccc([N+](=O)[O-])c1. The predicted octanol–water partition coefficient (Wildman–Crippen LogP) is 3.06. The molecule has 2 aromatic rings. The molecular weight excluding hydrogens is 266 g/mol. The van der Waals surface area contributed by atoms with E-state index in [9.17, 15) is 14.9 Å². The molecule has 0 atom stereocenters. The lowest BCUT2D eigenvalue weighted by Crippen LogP contribution is -2.09. The molecule has 0 aliphatic heterocycles. The van der Waals surface area contributed by atoms with E-state index < -0.39 is 4.92 Å². The highest BCUT2D eigenvalue weighted by Crippen LogP contribution is 2.14. The van der Waals surface area contributed by atoms with E-state index in [1.807, 2.05) is 17.5 Å². The molecule has 0 unspecified atom stereocenters. The smallest absolute Gasteiger partial charge is 0.270 e. The van der Waals surface area contributed by atoms with Crippen LogP contribution in [0.4, 0.5) is 5.69 Å². The van der Waals surface area contributed by atoms with Crippen molar-refractivity contribution in [1.29, 1.82) is 0 Å². The van der Waals surface area contributed by atoms with Crippen LogP contribution < -0.4 is 0 Å². The zero-order valence-electron chi connectivity index (χ0n) is 9.94. The van der Waals surface area contributed by atoms with Crippen molar-refractivity contribution in [3.8, 4) is 0 Å². The fourth-order valence-corrected chi connectivity index (χ4v) is 2.16. The molecule has 0 saturated carbocycles. The number of thiophene rings is 1. The Hall–Kier alpha value is -2.05. The predicted molar refractivity (Wildman–Crippen MR) is 71.4 cm³/mol. The van der Waals surface area contributed by atoms with Gasteiger partial charge in [0.15, 0.2) is 5.78 Å². The van der Waals surface area contributed by atoms with E-state index in [-0.39, 0.29) is 18.1 Å². The summed E-state index contributed by atoms with van der Waals surface area (Å²) < 4.78 is 5.29. The number of benzene rings is 1. The van der Waals surface area contributed by atoms with Crippen LogP contribution in [-0.2, 0) is 11.3 Å². The maximum atomic E-state index is 11.8. The number of non-ortho nitro benzene ring substituents is 1. The summed E-state index contributed by atoms with van der Waals surface area (Å²) in [6, 6.07) is 9.48. The summed E-state index contributed by atoms with van der Waals surface area (Å²) in [5, 5.41) is 12.5. The molecule has 0 spiro atoms. The second kappa shape index (κ2) is 6.21. The van der Waals surface area contributed by atoms with E-state index in [0.29, 0.717) is 12.2 Å². The van der Waals surface area contributed by atoms with Gasteiger partial charge in [0.1, 0.15) is 6.61 Å². The Kier molecular flexibility index (Phi) is 4.38. The molecule has 6 heteroatoms. The van der Waals surface area contributed by atoms with Crippen molar-refractivity contribution in [1.82, 2.24) is 0 Å². The van der Waals surface area contributed by atoms with Gasteiger partial charge in [0, 0.05) is 22.6 Å². The van der Waals surface area contributed by atoms with E-state index in [1.165, 1.54) is 18.2 Å². The topological polar surface area (TPSA) is 69.4 Å². The monoisotopic (exact) mass is 277 g/mol. The Morgan fingerprint density at radius 3 is 2.84 bits per heavy atom. The van der Waals surface area contributed by atoms with Gasteiger partial charge in [0.05, 0.1) is 11.5 Å². The number of nitrogens with zero attached hydrogens (tertiary/aromatic N) is 1. The third kappa shape index (κ3) is 3.70. The number of hydrogen-bond donors (Lipinski definition) is 0. The number of carbonyl (C=O) groups is 1. The summed E-state index contributed by atoms with van der Waals surface area (Å²) in [6.45, 7) is 0.289. The lowest BCUT2D eigenvalue weighted by atomic mass is 10.1. The van der Waals surface area contributed by atoms with Crippen molar-refractivity contribution in [2.45, 2.75) is 6.61 Å². The van der Waals surface area contributed by atoms with Crippen LogP contribution in [0, 0.1) is 10.1 Å². The van der Waals surface area contributed by atoms with Gasteiger partial charge < -0.3 is 4.74 Å². The average Bonchev–Trinajstić information content (AvgIpc) is 2.92. The van der Waals surface area contributed by atoms with Crippen LogP contribution in [-0.4, -0.2) is 17.3 Å². The van der Waals surface area contributed by atoms with Crippen molar-refractivity contribution in [3.63, 3.8) is 0 Å². The lowest BCUT2D eigenvalue weighted by Gasteiger charge is -2.02. The van der Waals surface area contributed by atoms with Crippen molar-refractivity contribution < 1.29 is 14.5 Å². The molecule has 0 radical (unpaired) electrons. The van der Waals surface area contributed by atoms with Crippen molar-refractivity contribution in [3.05, 3.63) is 62.3 Å². The normalized spacial score (nSPS) is 10.3. The first kappa shape index (κ1) is 13.4. The summed E-state index contributed by atoms with van der Waals surface area (Å²) in [4.78, 5) is 22.9. The number of rotatable bonds is 6. The van der Waals surface area contributed by atoms with Gasteiger partial charge in [-0.3, -0.25) is 14.9 Å². The highest BCUT2D eigenvalue weighted by Gasteiger charge is 2.11. The number of nitro groups is 1. The maximum absolute atomic E-state index is 11.8. The van der Waals surface area contributed by atoms with Gasteiger partial charge in [-0.25, -0.2) is 0 Å². The van der Waals surface area contributed by atoms with Crippen molar-refractivity contribution in [2.75, 3.05) is 6.61 Å². The number of nitro benzene ring substituents is 1. The van der Waals surface area contributed by atoms with Crippen molar-refractivity contribution >= 4 is 22.8 Å². The summed E-state index contributed by atoms with van der Waals surface area (Å²) >= 11 is 1.55. The molecule has 1 aromatic carbocycles. The molecule has 19 heavy (non-hydrogen) atoms. The Bertz CT molecular complexity index is 580. The summed E-state index contributed by atoms with van der Waals surface area (Å²) in [5.41, 5.74) is 0.199. The number of hydrogen-bond acceptors (Lipinski definition) is 5. The standard InChI is InChI=1S/C13H11NO4S/c15-13(9-18-8-12-5-2-6-19-12)10-3-1-4-11(7-10)14(16)17/h1-7H,8-9H2. The average molecular weight is 277 g/mol. The molecule has 98 valence electrons. The second-order valence-corrected chi connectivity index (χ2v) is 4.84. The van der Waals surface area contributed by atoms with Crippen LogP contribution in [0.3, 0.4) is 0 Å². The second-order valence-electron chi connectivity index (χ2n) is 3.80. The van der Waals surface area contributed by atoms with Crippen LogP contribution in [0.25, 0.3) is 0 Å². The maximum Gasteiger partial charge on any atom is 0.270 e. The van der Waals surface area contributed by atoms with E-state index in [2.05, 4.69) is 0 Å². The molecule has 0 saturated heterocycles. The lowest BCUT2D eigenvalue weighted by molar-refractivity contribution is -0.384. The molecule has 2 rings (SSSR count). The van der Waals surface area contributed by atoms with E-state index in [0.717, 1.165) is 4.88 Å². The first-order valence-corrected chi connectivity index (χ1v) is 6.42. The highest BCUT2D eigenvalue weighted by atomic mass is 32.1.